The molecule has 0 saturated carbocycles. The maximum atomic E-state index is 7.33. The molecular formula is C10H16N4O3. The first kappa shape index (κ1) is 13.3. The fraction of sp³-hybridized carbons (Fsp3) is 0.500. The third kappa shape index (κ3) is 4.75. The first-order chi connectivity index (χ1) is 8.25. The van der Waals surface area contributed by atoms with Crippen molar-refractivity contribution in [3.63, 3.8) is 0 Å². The average molecular weight is 240 g/mol. The number of ether oxygens (including phenoxy) is 3. The van der Waals surface area contributed by atoms with E-state index in [9.17, 15) is 0 Å². The third-order valence-corrected chi connectivity index (χ3v) is 1.88. The normalized spacial score (nSPS) is 10.2. The second-order valence-corrected chi connectivity index (χ2v) is 3.12. The Hall–Kier alpha value is -1.73. The third-order valence-electron chi connectivity index (χ3n) is 1.88. The Morgan fingerprint density at radius 2 is 2.12 bits per heavy atom. The first-order valence-electron chi connectivity index (χ1n) is 5.11. The Morgan fingerprint density at radius 3 is 2.82 bits per heavy atom. The number of hydrogen-bond donors (Lipinski definition) is 2. The van der Waals surface area contributed by atoms with E-state index in [2.05, 4.69) is 10.2 Å². The van der Waals surface area contributed by atoms with Crippen LogP contribution in [0.1, 0.15) is 5.56 Å². The zero-order valence-electron chi connectivity index (χ0n) is 9.68. The molecule has 1 aromatic heterocycles. The smallest absolute Gasteiger partial charge is 0.244 e. The summed E-state index contributed by atoms with van der Waals surface area (Å²) < 4.78 is 15.4. The summed E-state index contributed by atoms with van der Waals surface area (Å²) in [5.74, 6) is 0.144. The number of nitrogen functional groups attached to an aromatic ring is 1. The molecule has 7 heteroatoms. The van der Waals surface area contributed by atoms with Gasteiger partial charge in [0.2, 0.25) is 5.88 Å². The highest BCUT2D eigenvalue weighted by Gasteiger charge is 2.07. The van der Waals surface area contributed by atoms with Crippen LogP contribution in [0.25, 0.3) is 0 Å². The molecule has 0 atom stereocenters. The molecule has 0 unspecified atom stereocenters. The Labute approximate surface area is 99.4 Å². The second kappa shape index (κ2) is 7.53. The Kier molecular flexibility index (Phi) is 5.91. The second-order valence-electron chi connectivity index (χ2n) is 3.12. The van der Waals surface area contributed by atoms with Crippen LogP contribution in [-0.2, 0) is 9.47 Å². The number of nitrogens with one attached hydrogen (secondary N) is 1. The summed E-state index contributed by atoms with van der Waals surface area (Å²) in [6, 6.07) is 1.58. The highest BCUT2D eigenvalue weighted by atomic mass is 16.5. The summed E-state index contributed by atoms with van der Waals surface area (Å²) in [5.41, 5.74) is 5.80. The minimum Gasteiger partial charge on any atom is -0.474 e. The van der Waals surface area contributed by atoms with E-state index in [1.165, 1.54) is 6.20 Å². The number of rotatable bonds is 8. The van der Waals surface area contributed by atoms with Crippen molar-refractivity contribution in [3.8, 4) is 5.88 Å². The van der Waals surface area contributed by atoms with E-state index >= 15 is 0 Å². The molecule has 0 spiro atoms. The standard InChI is InChI=1S/C10H16N4O3/c1-15-4-5-16-6-7-17-10-8(9(11)12)2-3-13-14-10/h2-3H,4-7H2,1H3,(H3,11,12). The van der Waals surface area contributed by atoms with Gasteiger partial charge in [-0.15, -0.1) is 5.10 Å². The number of nitrogens with two attached hydrogens (primary N) is 1. The molecule has 0 aliphatic heterocycles. The lowest BCUT2D eigenvalue weighted by Crippen LogP contribution is -2.16. The lowest BCUT2D eigenvalue weighted by atomic mass is 10.3. The van der Waals surface area contributed by atoms with Crippen LogP contribution in [0.3, 0.4) is 0 Å². The molecule has 0 saturated heterocycles. The number of amidine groups is 1. The highest BCUT2D eigenvalue weighted by molar-refractivity contribution is 5.96. The van der Waals surface area contributed by atoms with Crippen LogP contribution in [0, 0.1) is 5.41 Å². The molecule has 0 aliphatic rings. The molecule has 1 aromatic rings. The van der Waals surface area contributed by atoms with Crippen LogP contribution < -0.4 is 10.5 Å². The van der Waals surface area contributed by atoms with Gasteiger partial charge in [0, 0.05) is 7.11 Å². The zero-order chi connectivity index (χ0) is 12.5. The molecule has 7 nitrogen and oxygen atoms in total. The predicted octanol–water partition coefficient (Wildman–Crippen LogP) is -0.198. The van der Waals surface area contributed by atoms with Gasteiger partial charge in [0.1, 0.15) is 12.4 Å². The summed E-state index contributed by atoms with van der Waals surface area (Å²) in [6.07, 6.45) is 1.46. The van der Waals surface area contributed by atoms with Crippen LogP contribution >= 0.6 is 0 Å². The van der Waals surface area contributed by atoms with E-state index in [0.717, 1.165) is 0 Å². The van der Waals surface area contributed by atoms with Gasteiger partial charge in [-0.1, -0.05) is 0 Å². The van der Waals surface area contributed by atoms with Crippen LogP contribution in [0.5, 0.6) is 5.88 Å². The van der Waals surface area contributed by atoms with Gasteiger partial charge in [-0.2, -0.15) is 5.10 Å². The van der Waals surface area contributed by atoms with E-state index in [1.807, 2.05) is 0 Å². The first-order valence-corrected chi connectivity index (χ1v) is 5.11. The van der Waals surface area contributed by atoms with Crippen molar-refractivity contribution >= 4 is 5.84 Å². The fourth-order valence-corrected chi connectivity index (χ4v) is 1.07. The van der Waals surface area contributed by atoms with Gasteiger partial charge >= 0.3 is 0 Å². The predicted molar refractivity (Wildman–Crippen MR) is 61.2 cm³/mol. The molecule has 0 bridgehead atoms. The van der Waals surface area contributed by atoms with Crippen molar-refractivity contribution in [2.75, 3.05) is 33.5 Å². The van der Waals surface area contributed by atoms with Gasteiger partial charge in [-0.25, -0.2) is 0 Å². The van der Waals surface area contributed by atoms with Crippen LogP contribution in [0.4, 0.5) is 0 Å². The van der Waals surface area contributed by atoms with E-state index in [4.69, 9.17) is 25.4 Å². The largest absolute Gasteiger partial charge is 0.474 e. The van der Waals surface area contributed by atoms with E-state index < -0.39 is 0 Å². The molecule has 94 valence electrons. The summed E-state index contributed by atoms with van der Waals surface area (Å²) in [4.78, 5) is 0. The van der Waals surface area contributed by atoms with Gasteiger partial charge in [-0.05, 0) is 6.07 Å². The summed E-state index contributed by atoms with van der Waals surface area (Å²) in [6.45, 7) is 1.80. The summed E-state index contributed by atoms with van der Waals surface area (Å²) >= 11 is 0. The molecule has 0 aliphatic carbocycles. The van der Waals surface area contributed by atoms with Crippen molar-refractivity contribution in [1.82, 2.24) is 10.2 Å². The molecule has 0 fully saturated rings. The lowest BCUT2D eigenvalue weighted by Gasteiger charge is -2.08. The molecule has 0 amide bonds. The minimum absolute atomic E-state index is 0.102. The highest BCUT2D eigenvalue weighted by Crippen LogP contribution is 2.11. The summed E-state index contributed by atoms with van der Waals surface area (Å²) in [5, 5.41) is 14.8. The Balaban J connectivity index is 2.34. The van der Waals surface area contributed by atoms with Crippen LogP contribution in [0.15, 0.2) is 12.3 Å². The lowest BCUT2D eigenvalue weighted by molar-refractivity contribution is 0.0535. The van der Waals surface area contributed by atoms with Crippen LogP contribution in [0.2, 0.25) is 0 Å². The monoisotopic (exact) mass is 240 g/mol. The molecule has 0 aromatic carbocycles. The van der Waals surface area contributed by atoms with Crippen molar-refractivity contribution < 1.29 is 14.2 Å². The van der Waals surface area contributed by atoms with Crippen molar-refractivity contribution in [3.05, 3.63) is 17.8 Å². The van der Waals surface area contributed by atoms with Crippen molar-refractivity contribution in [2.24, 2.45) is 5.73 Å². The Morgan fingerprint density at radius 1 is 1.35 bits per heavy atom. The maximum Gasteiger partial charge on any atom is 0.244 e. The average Bonchev–Trinajstić information content (AvgIpc) is 2.34. The molecule has 3 N–H and O–H groups in total. The molecule has 1 rings (SSSR count). The van der Waals surface area contributed by atoms with Crippen LogP contribution in [-0.4, -0.2) is 49.6 Å². The quantitative estimate of drug-likeness (QED) is 0.370. The molecule has 17 heavy (non-hydrogen) atoms. The number of methoxy groups -OCH3 is 1. The van der Waals surface area contributed by atoms with Gasteiger partial charge in [0.15, 0.2) is 0 Å². The fourth-order valence-electron chi connectivity index (χ4n) is 1.07. The minimum atomic E-state index is -0.102. The maximum absolute atomic E-state index is 7.33. The number of hydrogen-bond acceptors (Lipinski definition) is 6. The number of nitrogens with zero attached hydrogens (tertiary/aromatic N) is 2. The topological polar surface area (TPSA) is 103 Å². The van der Waals surface area contributed by atoms with E-state index in [-0.39, 0.29) is 11.7 Å². The summed E-state index contributed by atoms with van der Waals surface area (Å²) in [7, 11) is 1.61. The van der Waals surface area contributed by atoms with E-state index in [1.54, 1.807) is 13.2 Å². The van der Waals surface area contributed by atoms with E-state index in [0.29, 0.717) is 32.0 Å². The molecule has 1 heterocycles. The Bertz CT molecular complexity index is 359. The van der Waals surface area contributed by atoms with Gasteiger partial charge in [0.05, 0.1) is 31.6 Å². The molecular weight excluding hydrogens is 224 g/mol. The zero-order valence-corrected chi connectivity index (χ0v) is 9.68. The van der Waals surface area contributed by atoms with Gasteiger partial charge < -0.3 is 19.9 Å². The molecule has 0 radical (unpaired) electrons. The number of aromatic nitrogens is 2. The van der Waals surface area contributed by atoms with Crippen molar-refractivity contribution in [2.45, 2.75) is 0 Å². The SMILES string of the molecule is COCCOCCOc1nnccc1C(=N)N. The van der Waals surface area contributed by atoms with Gasteiger partial charge in [-0.3, -0.25) is 5.41 Å². The van der Waals surface area contributed by atoms with Crippen molar-refractivity contribution in [1.29, 1.82) is 5.41 Å². The van der Waals surface area contributed by atoms with Gasteiger partial charge in [0.25, 0.3) is 0 Å².